The number of benzene rings is 2. The molecular weight excluding hydrogens is 462 g/mol. The van der Waals surface area contributed by atoms with Crippen LogP contribution in [0.1, 0.15) is 34.6 Å². The van der Waals surface area contributed by atoms with Crippen molar-refractivity contribution in [2.75, 3.05) is 30.8 Å². The molecule has 0 aliphatic heterocycles. The number of anilines is 1. The van der Waals surface area contributed by atoms with Crippen LogP contribution in [-0.2, 0) is 9.59 Å². The third-order valence-corrected chi connectivity index (χ3v) is 4.69. The number of hydrogen-bond donors (Lipinski definition) is 0. The topological polar surface area (TPSA) is 99.0 Å². The van der Waals surface area contributed by atoms with Crippen LogP contribution < -0.4 is 23.4 Å². The van der Waals surface area contributed by atoms with E-state index in [2.05, 4.69) is 10.2 Å². The van der Waals surface area contributed by atoms with Crippen LogP contribution in [-0.4, -0.2) is 44.2 Å². The number of amides is 1. The first-order valence-corrected chi connectivity index (χ1v) is 11.4. The number of ketones is 1. The Morgan fingerprint density at radius 3 is 1.94 bits per heavy atom. The van der Waals surface area contributed by atoms with Crippen molar-refractivity contribution in [1.29, 1.82) is 0 Å². The third-order valence-electron chi connectivity index (χ3n) is 4.34. The molecule has 0 saturated heterocycles. The van der Waals surface area contributed by atoms with Crippen LogP contribution in [0.3, 0.4) is 0 Å². The minimum absolute atomic E-state index is 0.260. The van der Waals surface area contributed by atoms with Gasteiger partial charge in [-0.2, -0.15) is 10.2 Å². The fourth-order valence-electron chi connectivity index (χ4n) is 2.95. The lowest BCUT2D eigenvalue weighted by Gasteiger charge is -2.20. The highest BCUT2D eigenvalue weighted by Gasteiger charge is 2.30. The van der Waals surface area contributed by atoms with Crippen LogP contribution in [0.5, 0.6) is 23.0 Å². The first kappa shape index (κ1) is 26.9. The molecule has 184 valence electrons. The van der Waals surface area contributed by atoms with Crippen LogP contribution >= 0.6 is 11.8 Å². The summed E-state index contributed by atoms with van der Waals surface area (Å²) in [5.74, 6) is 0.671. The average molecular weight is 492 g/mol. The van der Waals surface area contributed by atoms with Crippen LogP contribution in [0.15, 0.2) is 46.6 Å². The fourth-order valence-corrected chi connectivity index (χ4v) is 3.19. The highest BCUT2D eigenvalue weighted by molar-refractivity contribution is 6.39. The molecular formula is C24H30ClN3O6. The summed E-state index contributed by atoms with van der Waals surface area (Å²) in [5, 5.41) is 8.08. The average Bonchev–Trinajstić information content (AvgIpc) is 2.79. The molecule has 0 spiro atoms. The predicted octanol–water partition coefficient (Wildman–Crippen LogP) is 5.51. The Balaban J connectivity index is 2.34. The van der Waals surface area contributed by atoms with Gasteiger partial charge < -0.3 is 18.9 Å². The highest BCUT2D eigenvalue weighted by Crippen LogP contribution is 2.35. The lowest BCUT2D eigenvalue weighted by atomic mass is 10.2. The number of carbonyl (C=O) groups is 2. The van der Waals surface area contributed by atoms with Gasteiger partial charge in [0.1, 0.15) is 28.7 Å². The number of nitrogens with zero attached hydrogens (tertiary/aromatic N) is 3. The van der Waals surface area contributed by atoms with Crippen LogP contribution in [0, 0.1) is 0 Å². The molecule has 2 aromatic rings. The van der Waals surface area contributed by atoms with E-state index in [1.807, 2.05) is 20.8 Å². The molecule has 0 N–H and O–H groups in total. The minimum atomic E-state index is -1.45. The molecule has 2 aromatic carbocycles. The zero-order valence-electron chi connectivity index (χ0n) is 20.0. The van der Waals surface area contributed by atoms with Gasteiger partial charge in [0.15, 0.2) is 5.78 Å². The number of Topliss-reactive ketones (excluding diaryl/α,β-unsaturated/α-hetero) is 1. The number of carbonyl (C=O) groups excluding carboxylic acids is 2. The van der Waals surface area contributed by atoms with Crippen LogP contribution in [0.25, 0.3) is 0 Å². The largest absolute Gasteiger partial charge is 0.494 e. The zero-order chi connectivity index (χ0) is 25.1. The molecule has 1 amide bonds. The van der Waals surface area contributed by atoms with E-state index >= 15 is 0 Å². The van der Waals surface area contributed by atoms with Crippen molar-refractivity contribution in [2.24, 2.45) is 10.2 Å². The minimum Gasteiger partial charge on any atom is -0.494 e. The van der Waals surface area contributed by atoms with Crippen molar-refractivity contribution in [3.05, 3.63) is 36.4 Å². The van der Waals surface area contributed by atoms with E-state index in [1.54, 1.807) is 43.3 Å². The van der Waals surface area contributed by atoms with Gasteiger partial charge >= 0.3 is 0 Å². The predicted molar refractivity (Wildman–Crippen MR) is 130 cm³/mol. The second-order valence-corrected chi connectivity index (χ2v) is 7.21. The Morgan fingerprint density at radius 1 is 0.853 bits per heavy atom. The van der Waals surface area contributed by atoms with Gasteiger partial charge in [0.05, 0.1) is 32.1 Å². The van der Waals surface area contributed by atoms with Crippen LogP contribution in [0.4, 0.5) is 11.4 Å². The Labute approximate surface area is 204 Å². The van der Waals surface area contributed by atoms with E-state index in [-0.39, 0.29) is 5.69 Å². The first-order chi connectivity index (χ1) is 16.3. The Bertz CT molecular complexity index is 990. The maximum Gasteiger partial charge on any atom is 0.276 e. The van der Waals surface area contributed by atoms with Crippen molar-refractivity contribution < 1.29 is 28.5 Å². The third kappa shape index (κ3) is 7.34. The van der Waals surface area contributed by atoms with E-state index in [0.29, 0.717) is 55.1 Å². The molecule has 1 atom stereocenters. The van der Waals surface area contributed by atoms with Crippen molar-refractivity contribution in [2.45, 2.75) is 40.7 Å². The quantitative estimate of drug-likeness (QED) is 0.208. The maximum atomic E-state index is 13.1. The Morgan fingerprint density at radius 2 is 1.41 bits per heavy atom. The van der Waals surface area contributed by atoms with Crippen molar-refractivity contribution in [3.8, 4) is 23.0 Å². The van der Waals surface area contributed by atoms with Gasteiger partial charge in [0.2, 0.25) is 6.04 Å². The van der Waals surface area contributed by atoms with Gasteiger partial charge in [-0.1, -0.05) is 0 Å². The normalized spacial score (nSPS) is 11.7. The molecule has 0 heterocycles. The Kier molecular flexibility index (Phi) is 10.6. The zero-order valence-corrected chi connectivity index (χ0v) is 20.8. The lowest BCUT2D eigenvalue weighted by molar-refractivity contribution is -0.126. The maximum absolute atomic E-state index is 13.1. The molecule has 34 heavy (non-hydrogen) atoms. The molecule has 0 radical (unpaired) electrons. The van der Waals surface area contributed by atoms with E-state index < -0.39 is 17.7 Å². The summed E-state index contributed by atoms with van der Waals surface area (Å²) in [6.07, 6.45) is 0. The molecule has 0 aliphatic carbocycles. The summed E-state index contributed by atoms with van der Waals surface area (Å²) < 4.78 is 23.0. The molecule has 0 bridgehead atoms. The number of ether oxygens (including phenoxy) is 4. The van der Waals surface area contributed by atoms with E-state index in [1.165, 1.54) is 6.92 Å². The summed E-state index contributed by atoms with van der Waals surface area (Å²) in [6, 6.07) is 8.40. The van der Waals surface area contributed by atoms with Crippen LogP contribution in [0.2, 0.25) is 0 Å². The molecule has 0 aromatic heterocycles. The van der Waals surface area contributed by atoms with E-state index in [9.17, 15) is 9.59 Å². The van der Waals surface area contributed by atoms with Gasteiger partial charge in [-0.25, -0.2) is 4.42 Å². The fraction of sp³-hybridized carbons (Fsp3) is 0.417. The molecule has 9 nitrogen and oxygen atoms in total. The number of azo groups is 1. The summed E-state index contributed by atoms with van der Waals surface area (Å²) in [6.45, 7) is 10.3. The summed E-state index contributed by atoms with van der Waals surface area (Å²) in [4.78, 5) is 25.4. The summed E-state index contributed by atoms with van der Waals surface area (Å²) in [5.41, 5.74) is 0.626. The van der Waals surface area contributed by atoms with Gasteiger partial charge in [-0.3, -0.25) is 9.59 Å². The van der Waals surface area contributed by atoms with Gasteiger partial charge in [0, 0.05) is 36.0 Å². The van der Waals surface area contributed by atoms with Crippen molar-refractivity contribution in [1.82, 2.24) is 0 Å². The number of rotatable bonds is 13. The second-order valence-electron chi connectivity index (χ2n) is 6.87. The van der Waals surface area contributed by atoms with E-state index in [4.69, 9.17) is 30.7 Å². The van der Waals surface area contributed by atoms with Gasteiger partial charge in [-0.15, -0.1) is 0 Å². The smallest absolute Gasteiger partial charge is 0.276 e. The molecule has 0 aliphatic rings. The van der Waals surface area contributed by atoms with Gasteiger partial charge in [-0.05, 0) is 46.8 Å². The second kappa shape index (κ2) is 13.4. The molecule has 1 unspecified atom stereocenters. The number of halogens is 1. The lowest BCUT2D eigenvalue weighted by Crippen LogP contribution is -2.36. The molecule has 0 fully saturated rings. The Hall–Kier alpha value is -3.33. The monoisotopic (exact) mass is 491 g/mol. The van der Waals surface area contributed by atoms with Crippen molar-refractivity contribution >= 4 is 34.8 Å². The van der Waals surface area contributed by atoms with Gasteiger partial charge in [0.25, 0.3) is 5.91 Å². The summed E-state index contributed by atoms with van der Waals surface area (Å²) in [7, 11) is 0. The van der Waals surface area contributed by atoms with E-state index in [0.717, 1.165) is 4.42 Å². The molecule has 10 heteroatoms. The molecule has 2 rings (SSSR count). The van der Waals surface area contributed by atoms with Crippen molar-refractivity contribution in [3.63, 3.8) is 0 Å². The first-order valence-electron chi connectivity index (χ1n) is 11.1. The molecule has 0 saturated carbocycles. The summed E-state index contributed by atoms with van der Waals surface area (Å²) >= 11 is 6.35. The standard InChI is InChI=1S/C24H30ClN3O6/c1-6-31-18-10-11-21(22(15-18)34-9-4)28(25)24(30)23(16(5)29)27-26-17-12-19(32-7-2)14-20(13-17)33-8-3/h10-15,23H,6-9H2,1-5H3. The number of hydrogen-bond acceptors (Lipinski definition) is 8. The highest BCUT2D eigenvalue weighted by atomic mass is 35.5. The SMILES string of the molecule is CCOc1cc(N=NC(C(C)=O)C(=O)N(Cl)c2ccc(OCC)cc2OCC)cc(OCC)c1.